The number of benzene rings is 2. The normalized spacial score (nSPS) is 27.7. The average molecular weight is 452 g/mol. The van der Waals surface area contributed by atoms with Crippen molar-refractivity contribution in [1.82, 2.24) is 14.9 Å². The molecule has 31 heavy (non-hydrogen) atoms. The smallest absolute Gasteiger partial charge is 0.162 e. The van der Waals surface area contributed by atoms with Crippen LogP contribution < -0.4 is 14.8 Å². The van der Waals surface area contributed by atoms with E-state index in [1.54, 1.807) is 6.07 Å². The summed E-state index contributed by atoms with van der Waals surface area (Å²) in [5.74, 6) is 0.343. The SMILES string of the molecule is [2H]C1OC([2H])C([2H])N(CCCOc2cc3c(Nc4ccc(O)c(Cl)c4)ncnc3cc2OC([2H])([2H])[2H])C1[2H]. The third-order valence-electron chi connectivity index (χ3n) is 4.50. The van der Waals surface area contributed by atoms with Gasteiger partial charge in [0.25, 0.3) is 0 Å². The fourth-order valence-corrected chi connectivity index (χ4v) is 3.16. The van der Waals surface area contributed by atoms with Crippen molar-refractivity contribution in [1.29, 1.82) is 0 Å². The number of methoxy groups -OCH3 is 1. The Labute approximate surface area is 195 Å². The average Bonchev–Trinajstić information content (AvgIpc) is 2.84. The number of nitrogens with one attached hydrogen (secondary N) is 1. The summed E-state index contributed by atoms with van der Waals surface area (Å²) in [7, 11) is -2.75. The van der Waals surface area contributed by atoms with Crippen LogP contribution in [0.4, 0.5) is 11.5 Å². The van der Waals surface area contributed by atoms with Crippen LogP contribution in [0.3, 0.4) is 0 Å². The van der Waals surface area contributed by atoms with Gasteiger partial charge >= 0.3 is 0 Å². The van der Waals surface area contributed by atoms with Gasteiger partial charge in [-0.05, 0) is 30.7 Å². The second-order valence-electron chi connectivity index (χ2n) is 6.58. The molecule has 1 aliphatic rings. The van der Waals surface area contributed by atoms with E-state index in [4.69, 9.17) is 35.4 Å². The Kier molecular flexibility index (Phi) is 4.61. The van der Waals surface area contributed by atoms with Crippen LogP contribution in [-0.4, -0.2) is 66.4 Å². The summed E-state index contributed by atoms with van der Waals surface area (Å²) in [4.78, 5) is 9.84. The van der Waals surface area contributed by atoms with E-state index in [1.807, 2.05) is 0 Å². The minimum Gasteiger partial charge on any atom is -0.506 e. The lowest BCUT2D eigenvalue weighted by Crippen LogP contribution is -2.37. The number of aromatic hydroxyl groups is 1. The number of halogens is 1. The van der Waals surface area contributed by atoms with Crippen LogP contribution in [0.25, 0.3) is 10.9 Å². The van der Waals surface area contributed by atoms with Crippen LogP contribution in [0.1, 0.15) is 16.0 Å². The predicted molar refractivity (Wildman–Crippen MR) is 120 cm³/mol. The van der Waals surface area contributed by atoms with Crippen molar-refractivity contribution in [3.63, 3.8) is 0 Å². The molecule has 2 heterocycles. The van der Waals surface area contributed by atoms with E-state index in [-0.39, 0.29) is 35.4 Å². The second kappa shape index (κ2) is 10.00. The van der Waals surface area contributed by atoms with E-state index in [0.717, 1.165) is 0 Å². The molecule has 1 saturated heterocycles. The summed E-state index contributed by atoms with van der Waals surface area (Å²) < 4.78 is 70.2. The number of rotatable bonds is 8. The third-order valence-corrected chi connectivity index (χ3v) is 4.80. The molecule has 4 rings (SSSR count). The van der Waals surface area contributed by atoms with E-state index in [2.05, 4.69) is 15.3 Å². The molecule has 9 heteroatoms. The Morgan fingerprint density at radius 3 is 2.94 bits per heavy atom. The summed E-state index contributed by atoms with van der Waals surface area (Å²) in [6.45, 7) is -4.49. The fraction of sp³-hybridized carbons (Fsp3) is 0.364. The number of phenols is 1. The summed E-state index contributed by atoms with van der Waals surface area (Å²) in [6.07, 6.45) is 1.61. The number of ether oxygens (including phenoxy) is 3. The maximum absolute atomic E-state index is 9.67. The Bertz CT molecular complexity index is 1270. The van der Waals surface area contributed by atoms with Crippen LogP contribution in [0.2, 0.25) is 5.02 Å². The monoisotopic (exact) mass is 451 g/mol. The van der Waals surface area contributed by atoms with Gasteiger partial charge in [-0.1, -0.05) is 11.6 Å². The summed E-state index contributed by atoms with van der Waals surface area (Å²) >= 11 is 6.00. The molecule has 8 nitrogen and oxygen atoms in total. The maximum atomic E-state index is 9.67. The van der Waals surface area contributed by atoms with E-state index in [1.165, 1.54) is 35.5 Å². The van der Waals surface area contributed by atoms with Crippen molar-refractivity contribution in [3.05, 3.63) is 41.7 Å². The van der Waals surface area contributed by atoms with Gasteiger partial charge in [0.2, 0.25) is 0 Å². The largest absolute Gasteiger partial charge is 0.506 e. The number of fused-ring (bicyclic) bond motifs is 1. The Balaban J connectivity index is 1.56. The van der Waals surface area contributed by atoms with Gasteiger partial charge in [0.1, 0.15) is 17.9 Å². The molecule has 2 N–H and O–H groups in total. The Morgan fingerprint density at radius 2 is 2.13 bits per heavy atom. The number of aromatic nitrogens is 2. The molecule has 0 saturated carbocycles. The first kappa shape index (κ1) is 14.3. The molecule has 1 fully saturated rings. The zero-order valence-electron chi connectivity index (χ0n) is 23.3. The highest BCUT2D eigenvalue weighted by atomic mass is 35.5. The van der Waals surface area contributed by atoms with E-state index in [0.29, 0.717) is 28.8 Å². The topological polar surface area (TPSA) is 89.0 Å². The van der Waals surface area contributed by atoms with Gasteiger partial charge in [0, 0.05) is 39.5 Å². The van der Waals surface area contributed by atoms with Crippen LogP contribution >= 0.6 is 11.6 Å². The first-order chi connectivity index (χ1) is 17.9. The lowest BCUT2D eigenvalue weighted by Gasteiger charge is -2.26. The first-order valence-electron chi connectivity index (χ1n) is 13.2. The highest BCUT2D eigenvalue weighted by Crippen LogP contribution is 2.35. The molecule has 1 aliphatic heterocycles. The number of nitrogens with zero attached hydrogens (tertiary/aromatic N) is 3. The molecule has 0 amide bonds. The van der Waals surface area contributed by atoms with Gasteiger partial charge in [0.05, 0.1) is 44.2 Å². The van der Waals surface area contributed by atoms with Crippen molar-refractivity contribution < 1.29 is 28.9 Å². The number of hydrogen-bond donors (Lipinski definition) is 2. The van der Waals surface area contributed by atoms with Crippen LogP contribution in [-0.2, 0) is 4.74 Å². The zero-order chi connectivity index (χ0) is 27.6. The summed E-state index contributed by atoms with van der Waals surface area (Å²) in [5.41, 5.74) is 0.920. The van der Waals surface area contributed by atoms with Crippen molar-refractivity contribution in [2.75, 3.05) is 51.7 Å². The molecule has 0 spiro atoms. The van der Waals surface area contributed by atoms with Gasteiger partial charge in [-0.3, -0.25) is 4.90 Å². The first-order valence-corrected chi connectivity index (χ1v) is 9.77. The number of phenolic OH excluding ortho intramolecular Hbond substituents is 1. The van der Waals surface area contributed by atoms with Crippen LogP contribution in [0.5, 0.6) is 17.2 Å². The summed E-state index contributed by atoms with van der Waals surface area (Å²) in [5, 5.41) is 13.4. The number of anilines is 2. The molecule has 4 unspecified atom stereocenters. The van der Waals surface area contributed by atoms with Gasteiger partial charge in [0.15, 0.2) is 11.5 Å². The Hall–Kier alpha value is -2.81. The summed E-state index contributed by atoms with van der Waals surface area (Å²) in [6, 6.07) is 7.50. The van der Waals surface area contributed by atoms with Crippen LogP contribution in [0, 0.1) is 0 Å². The van der Waals surface area contributed by atoms with Gasteiger partial charge < -0.3 is 24.6 Å². The van der Waals surface area contributed by atoms with E-state index in [9.17, 15) is 5.11 Å². The highest BCUT2D eigenvalue weighted by molar-refractivity contribution is 6.32. The van der Waals surface area contributed by atoms with Crippen molar-refractivity contribution in [2.45, 2.75) is 6.42 Å². The molecule has 0 aliphatic carbocycles. The minimum absolute atomic E-state index is 0.0598. The number of morpholine rings is 1. The maximum Gasteiger partial charge on any atom is 0.162 e. The quantitative estimate of drug-likeness (QED) is 0.394. The van der Waals surface area contributed by atoms with Gasteiger partial charge in [-0.15, -0.1) is 0 Å². The van der Waals surface area contributed by atoms with Crippen molar-refractivity contribution >= 4 is 34.0 Å². The second-order valence-corrected chi connectivity index (χ2v) is 6.99. The molecule has 4 atom stereocenters. The molecule has 2 aromatic carbocycles. The lowest BCUT2D eigenvalue weighted by atomic mass is 10.2. The lowest BCUT2D eigenvalue weighted by molar-refractivity contribution is 0.0357. The molecule has 164 valence electrons. The van der Waals surface area contributed by atoms with Gasteiger partial charge in [-0.2, -0.15) is 0 Å². The predicted octanol–water partition coefficient (Wildman–Crippen LogP) is 3.84. The van der Waals surface area contributed by atoms with Gasteiger partial charge in [-0.25, -0.2) is 9.97 Å². The van der Waals surface area contributed by atoms with Crippen molar-refractivity contribution in [3.8, 4) is 17.2 Å². The molecule has 0 radical (unpaired) electrons. The fourth-order valence-electron chi connectivity index (χ4n) is 2.98. The zero-order valence-corrected chi connectivity index (χ0v) is 17.0. The minimum atomic E-state index is -2.75. The third kappa shape index (κ3) is 5.28. The standard InChI is InChI=1S/C22H25ClN4O4/c1-29-20-13-18-16(12-21(20)31-8-2-5-27-6-9-30-10-7-27)22(25-14-24-18)26-15-3-4-19(28)17(23)11-15/h3-4,11-14,28H,2,5-10H2,1H3,(H,24,25,26)/i1D3,6D,7D,9D,10D. The van der Waals surface area contributed by atoms with E-state index < -0.39 is 33.2 Å². The number of hydrogen-bond acceptors (Lipinski definition) is 8. The molecular formula is C22H25ClN4O4. The molecule has 1 aromatic heterocycles. The molecule has 3 aromatic rings. The Morgan fingerprint density at radius 1 is 1.26 bits per heavy atom. The molecular weight excluding hydrogens is 420 g/mol. The highest BCUT2D eigenvalue weighted by Gasteiger charge is 2.13. The van der Waals surface area contributed by atoms with E-state index >= 15 is 0 Å². The molecule has 0 bridgehead atoms. The van der Waals surface area contributed by atoms with Crippen LogP contribution in [0.15, 0.2) is 36.7 Å². The van der Waals surface area contributed by atoms with Crippen molar-refractivity contribution in [2.24, 2.45) is 0 Å².